The van der Waals surface area contributed by atoms with Crippen LogP contribution in [0.15, 0.2) is 36.4 Å². The van der Waals surface area contributed by atoms with Gasteiger partial charge in [0.1, 0.15) is 6.54 Å². The molecule has 4 nitrogen and oxygen atoms in total. The number of nitrogens with zero attached hydrogens (tertiary/aromatic N) is 1. The molecule has 0 aliphatic rings. The van der Waals surface area contributed by atoms with Crippen LogP contribution < -0.4 is 5.32 Å². The quantitative estimate of drug-likeness (QED) is 0.550. The van der Waals surface area contributed by atoms with Gasteiger partial charge in [0.2, 0.25) is 5.91 Å². The summed E-state index contributed by atoms with van der Waals surface area (Å²) >= 11 is 0. The van der Waals surface area contributed by atoms with E-state index in [2.05, 4.69) is 0 Å². The Bertz CT molecular complexity index is 897. The first-order valence-corrected chi connectivity index (χ1v) is 8.44. The van der Waals surface area contributed by atoms with Crippen LogP contribution in [0.3, 0.4) is 0 Å². The topological polar surface area (TPSA) is 49.4 Å². The average Bonchev–Trinajstić information content (AvgIpc) is 2.67. The summed E-state index contributed by atoms with van der Waals surface area (Å²) in [5.74, 6) is -6.36. The molecule has 2 aromatic rings. The summed E-state index contributed by atoms with van der Waals surface area (Å²) in [4.78, 5) is 25.7. The molecule has 1 N–H and O–H groups in total. The third-order valence-electron chi connectivity index (χ3n) is 3.88. The van der Waals surface area contributed by atoms with Crippen molar-refractivity contribution in [2.45, 2.75) is 19.5 Å². The minimum Gasteiger partial charge on any atom is -0.329 e. The van der Waals surface area contributed by atoms with Crippen molar-refractivity contribution >= 4 is 17.5 Å². The van der Waals surface area contributed by atoms with Crippen LogP contribution in [-0.4, -0.2) is 29.8 Å². The van der Waals surface area contributed by atoms with Gasteiger partial charge in [-0.15, -0.1) is 0 Å². The Hall–Kier alpha value is -3.04. The molecule has 156 valence electrons. The van der Waals surface area contributed by atoms with Gasteiger partial charge in [0.15, 0.2) is 17.5 Å². The fraction of sp³-hybridized carbons (Fsp3) is 0.263. The van der Waals surface area contributed by atoms with Crippen molar-refractivity contribution in [2.75, 3.05) is 18.4 Å². The molecular formula is C19H16F6N2O2. The lowest BCUT2D eigenvalue weighted by Gasteiger charge is -2.22. The summed E-state index contributed by atoms with van der Waals surface area (Å²) in [6.07, 6.45) is -4.13. The summed E-state index contributed by atoms with van der Waals surface area (Å²) < 4.78 is 77.8. The predicted octanol–water partition coefficient (Wildman–Crippen LogP) is 4.61. The van der Waals surface area contributed by atoms with Crippen LogP contribution in [0.5, 0.6) is 0 Å². The molecule has 0 saturated carbocycles. The molecule has 0 spiro atoms. The third-order valence-corrected chi connectivity index (χ3v) is 3.88. The first kappa shape index (κ1) is 22.3. The summed E-state index contributed by atoms with van der Waals surface area (Å²) in [6, 6.07) is 4.92. The summed E-state index contributed by atoms with van der Waals surface area (Å²) in [7, 11) is 0. The van der Waals surface area contributed by atoms with Crippen molar-refractivity contribution in [3.63, 3.8) is 0 Å². The smallest absolute Gasteiger partial charge is 0.329 e. The Morgan fingerprint density at radius 1 is 0.966 bits per heavy atom. The second-order valence-corrected chi connectivity index (χ2v) is 6.07. The van der Waals surface area contributed by atoms with Crippen molar-refractivity contribution in [2.24, 2.45) is 0 Å². The van der Waals surface area contributed by atoms with E-state index in [9.17, 15) is 35.9 Å². The second kappa shape index (κ2) is 8.97. The van der Waals surface area contributed by atoms with Crippen LogP contribution in [0.2, 0.25) is 0 Å². The normalized spacial score (nSPS) is 11.3. The van der Waals surface area contributed by atoms with E-state index in [1.165, 1.54) is 0 Å². The van der Waals surface area contributed by atoms with E-state index in [4.69, 9.17) is 0 Å². The molecule has 0 bridgehead atoms. The summed E-state index contributed by atoms with van der Waals surface area (Å²) in [5, 5.41) is 2.04. The van der Waals surface area contributed by atoms with Gasteiger partial charge in [-0.3, -0.25) is 9.59 Å². The van der Waals surface area contributed by atoms with Crippen molar-refractivity contribution in [1.82, 2.24) is 4.90 Å². The number of hydrogen-bond acceptors (Lipinski definition) is 2. The SMILES string of the molecule is CCCN(CC(=O)Nc1ccc(F)c(F)c1F)C(=O)c1ccc(C(F)(F)F)cc1. The van der Waals surface area contributed by atoms with Gasteiger partial charge >= 0.3 is 6.18 Å². The first-order valence-electron chi connectivity index (χ1n) is 8.44. The van der Waals surface area contributed by atoms with E-state index in [1.54, 1.807) is 6.92 Å². The lowest BCUT2D eigenvalue weighted by molar-refractivity contribution is -0.137. The molecule has 0 aliphatic heterocycles. The average molecular weight is 418 g/mol. The highest BCUT2D eigenvalue weighted by atomic mass is 19.4. The molecule has 0 unspecified atom stereocenters. The van der Waals surface area contributed by atoms with E-state index >= 15 is 0 Å². The minimum atomic E-state index is -4.56. The largest absolute Gasteiger partial charge is 0.416 e. The Balaban J connectivity index is 2.13. The molecule has 0 aromatic heterocycles. The van der Waals surface area contributed by atoms with Crippen LogP contribution >= 0.6 is 0 Å². The highest BCUT2D eigenvalue weighted by Crippen LogP contribution is 2.29. The number of benzene rings is 2. The molecule has 2 rings (SSSR count). The van der Waals surface area contributed by atoms with E-state index in [-0.39, 0.29) is 12.1 Å². The van der Waals surface area contributed by atoms with E-state index in [1.807, 2.05) is 5.32 Å². The summed E-state index contributed by atoms with van der Waals surface area (Å²) in [6.45, 7) is 1.24. The van der Waals surface area contributed by atoms with Crippen LogP contribution in [0, 0.1) is 17.5 Å². The number of amides is 2. The van der Waals surface area contributed by atoms with Gasteiger partial charge in [0, 0.05) is 12.1 Å². The molecule has 2 aromatic carbocycles. The molecule has 29 heavy (non-hydrogen) atoms. The van der Waals surface area contributed by atoms with E-state index < -0.39 is 53.2 Å². The summed E-state index contributed by atoms with van der Waals surface area (Å²) in [5.41, 5.74) is -1.60. The molecule has 2 amide bonds. The zero-order valence-corrected chi connectivity index (χ0v) is 15.1. The lowest BCUT2D eigenvalue weighted by Crippen LogP contribution is -2.38. The van der Waals surface area contributed by atoms with Gasteiger partial charge in [-0.2, -0.15) is 13.2 Å². The van der Waals surface area contributed by atoms with Crippen LogP contribution in [0.25, 0.3) is 0 Å². The van der Waals surface area contributed by atoms with Crippen LogP contribution in [0.1, 0.15) is 29.3 Å². The van der Waals surface area contributed by atoms with Gasteiger partial charge in [0.25, 0.3) is 5.91 Å². The van der Waals surface area contributed by atoms with Crippen LogP contribution in [0.4, 0.5) is 32.0 Å². The number of nitrogens with one attached hydrogen (secondary N) is 1. The van der Waals surface area contributed by atoms with Gasteiger partial charge < -0.3 is 10.2 Å². The molecule has 0 heterocycles. The number of alkyl halides is 3. The standard InChI is InChI=1S/C19H16F6N2O2/c1-2-9-27(18(29)11-3-5-12(6-4-11)19(23,24)25)10-15(28)26-14-8-7-13(20)16(21)17(14)22/h3-8H,2,9-10H2,1H3,(H,26,28). The number of rotatable bonds is 6. The molecular weight excluding hydrogens is 402 g/mol. The van der Waals surface area contributed by atoms with E-state index in [0.717, 1.165) is 35.2 Å². The fourth-order valence-electron chi connectivity index (χ4n) is 2.49. The fourth-order valence-corrected chi connectivity index (χ4v) is 2.49. The van der Waals surface area contributed by atoms with Gasteiger partial charge in [0.05, 0.1) is 11.3 Å². The molecule has 0 atom stereocenters. The Labute approximate surface area is 162 Å². The predicted molar refractivity (Wildman–Crippen MR) is 92.6 cm³/mol. The molecule has 0 aliphatic carbocycles. The van der Waals surface area contributed by atoms with E-state index in [0.29, 0.717) is 12.5 Å². The number of carbonyl (C=O) groups is 2. The maximum atomic E-state index is 13.7. The number of halogens is 6. The van der Waals surface area contributed by atoms with Crippen molar-refractivity contribution in [1.29, 1.82) is 0 Å². The Morgan fingerprint density at radius 2 is 1.59 bits per heavy atom. The molecule has 0 saturated heterocycles. The zero-order valence-electron chi connectivity index (χ0n) is 15.1. The number of anilines is 1. The minimum absolute atomic E-state index is 0.0711. The lowest BCUT2D eigenvalue weighted by atomic mass is 10.1. The first-order chi connectivity index (χ1) is 13.5. The van der Waals surface area contributed by atoms with Crippen molar-refractivity contribution in [3.05, 3.63) is 65.0 Å². The van der Waals surface area contributed by atoms with Crippen molar-refractivity contribution in [3.8, 4) is 0 Å². The maximum Gasteiger partial charge on any atom is 0.416 e. The highest BCUT2D eigenvalue weighted by Gasteiger charge is 2.30. The van der Waals surface area contributed by atoms with Gasteiger partial charge in [-0.25, -0.2) is 13.2 Å². The monoisotopic (exact) mass is 418 g/mol. The van der Waals surface area contributed by atoms with Crippen molar-refractivity contribution < 1.29 is 35.9 Å². The number of hydrogen-bond donors (Lipinski definition) is 1. The molecule has 0 fully saturated rings. The van der Waals surface area contributed by atoms with Gasteiger partial charge in [-0.05, 0) is 42.8 Å². The Morgan fingerprint density at radius 3 is 2.14 bits per heavy atom. The highest BCUT2D eigenvalue weighted by molar-refractivity contribution is 5.99. The number of carbonyl (C=O) groups excluding carboxylic acids is 2. The van der Waals surface area contributed by atoms with Gasteiger partial charge in [-0.1, -0.05) is 6.92 Å². The second-order valence-electron chi connectivity index (χ2n) is 6.07. The maximum absolute atomic E-state index is 13.7. The van der Waals surface area contributed by atoms with Crippen LogP contribution in [-0.2, 0) is 11.0 Å². The Kier molecular flexibility index (Phi) is 6.89. The zero-order chi connectivity index (χ0) is 21.8. The molecule has 10 heteroatoms. The molecule has 0 radical (unpaired) electrons. The third kappa shape index (κ3) is 5.49.